The van der Waals surface area contributed by atoms with Crippen LogP contribution in [-0.2, 0) is 4.79 Å². The Kier molecular flexibility index (Phi) is 4.97. The lowest BCUT2D eigenvalue weighted by Crippen LogP contribution is -2.28. The van der Waals surface area contributed by atoms with Crippen molar-refractivity contribution in [3.05, 3.63) is 64.0 Å². The first-order valence-electron chi connectivity index (χ1n) is 7.24. The van der Waals surface area contributed by atoms with E-state index in [-0.39, 0.29) is 16.9 Å². The van der Waals surface area contributed by atoms with Crippen molar-refractivity contribution < 1.29 is 9.18 Å². The highest BCUT2D eigenvalue weighted by atomic mass is 35.5. The lowest BCUT2D eigenvalue weighted by atomic mass is 10.2. The topological polar surface area (TPSA) is 45.6 Å². The van der Waals surface area contributed by atoms with Gasteiger partial charge >= 0.3 is 0 Å². The van der Waals surface area contributed by atoms with Gasteiger partial charge in [-0.25, -0.2) is 14.4 Å². The highest BCUT2D eigenvalue weighted by Gasteiger charge is 2.32. The van der Waals surface area contributed by atoms with Crippen LogP contribution in [0.25, 0.3) is 6.08 Å². The average molecular weight is 362 g/mol. The lowest BCUT2D eigenvalue weighted by molar-refractivity contribution is -0.122. The number of hydrogen-bond donors (Lipinski definition) is 0. The van der Waals surface area contributed by atoms with Gasteiger partial charge in [0, 0.05) is 12.7 Å². The van der Waals surface area contributed by atoms with E-state index < -0.39 is 0 Å². The van der Waals surface area contributed by atoms with E-state index in [9.17, 15) is 9.18 Å². The molecule has 1 amide bonds. The van der Waals surface area contributed by atoms with Crippen molar-refractivity contribution in [1.29, 1.82) is 0 Å². The lowest BCUT2D eigenvalue weighted by Gasteiger charge is -2.12. The van der Waals surface area contributed by atoms with Crippen LogP contribution in [0.4, 0.5) is 10.1 Å². The largest absolute Gasteiger partial charge is 0.287 e. The molecule has 0 spiro atoms. The van der Waals surface area contributed by atoms with Gasteiger partial charge in [-0.1, -0.05) is 23.7 Å². The number of carbonyl (C=O) groups excluding carboxylic acids is 1. The van der Waals surface area contributed by atoms with Crippen LogP contribution in [0.1, 0.15) is 12.5 Å². The molecule has 0 bridgehead atoms. The SMILES string of the molecule is CCN1C(=O)/C(=C/c2ccc(F)cc2)SC1=Nc1cccnc1Cl. The number of likely N-dealkylation sites (N-methyl/N-ethyl adjacent to an activating group) is 1. The van der Waals surface area contributed by atoms with Gasteiger partial charge in [0.05, 0.1) is 4.91 Å². The molecule has 4 nitrogen and oxygen atoms in total. The molecule has 24 heavy (non-hydrogen) atoms. The van der Waals surface area contributed by atoms with Crippen LogP contribution < -0.4 is 0 Å². The minimum Gasteiger partial charge on any atom is -0.287 e. The minimum atomic E-state index is -0.314. The molecule has 0 saturated carbocycles. The third kappa shape index (κ3) is 3.49. The molecule has 1 aromatic heterocycles. The Morgan fingerprint density at radius 2 is 2.08 bits per heavy atom. The maximum Gasteiger partial charge on any atom is 0.266 e. The fraction of sp³-hybridized carbons (Fsp3) is 0.118. The van der Waals surface area contributed by atoms with Gasteiger partial charge in [0.2, 0.25) is 0 Å². The maximum atomic E-state index is 13.0. The van der Waals surface area contributed by atoms with Crippen molar-refractivity contribution >= 4 is 46.2 Å². The zero-order valence-electron chi connectivity index (χ0n) is 12.7. The highest BCUT2D eigenvalue weighted by molar-refractivity contribution is 8.18. The molecule has 0 unspecified atom stereocenters. The van der Waals surface area contributed by atoms with Crippen molar-refractivity contribution in [2.24, 2.45) is 4.99 Å². The smallest absolute Gasteiger partial charge is 0.266 e. The van der Waals surface area contributed by atoms with Crippen LogP contribution in [0, 0.1) is 5.82 Å². The normalized spacial score (nSPS) is 18.0. The molecule has 1 aromatic carbocycles. The van der Waals surface area contributed by atoms with Crippen LogP contribution in [-0.4, -0.2) is 27.5 Å². The van der Waals surface area contributed by atoms with E-state index in [4.69, 9.17) is 11.6 Å². The molecular weight excluding hydrogens is 349 g/mol. The van der Waals surface area contributed by atoms with Crippen LogP contribution >= 0.6 is 23.4 Å². The minimum absolute atomic E-state index is 0.134. The van der Waals surface area contributed by atoms with E-state index in [1.54, 1.807) is 41.4 Å². The summed E-state index contributed by atoms with van der Waals surface area (Å²) in [5.74, 6) is -0.447. The quantitative estimate of drug-likeness (QED) is 0.597. The predicted octanol–water partition coefficient (Wildman–Crippen LogP) is 4.50. The second-order valence-corrected chi connectivity index (χ2v) is 6.29. The Morgan fingerprint density at radius 1 is 1.33 bits per heavy atom. The van der Waals surface area contributed by atoms with Crippen LogP contribution in [0.5, 0.6) is 0 Å². The Hall–Kier alpha value is -2.18. The molecule has 0 radical (unpaired) electrons. The molecule has 1 aliphatic heterocycles. The number of nitrogens with zero attached hydrogens (tertiary/aromatic N) is 3. The molecule has 2 aromatic rings. The zero-order chi connectivity index (χ0) is 17.1. The Bertz CT molecular complexity index is 836. The number of hydrogen-bond acceptors (Lipinski definition) is 4. The van der Waals surface area contributed by atoms with Crippen molar-refractivity contribution in [2.45, 2.75) is 6.92 Å². The maximum absolute atomic E-state index is 13.0. The Morgan fingerprint density at radius 3 is 2.75 bits per heavy atom. The molecule has 0 N–H and O–H groups in total. The van der Waals surface area contributed by atoms with E-state index in [0.29, 0.717) is 22.3 Å². The summed E-state index contributed by atoms with van der Waals surface area (Å²) in [6.45, 7) is 2.36. The first-order valence-corrected chi connectivity index (χ1v) is 8.44. The van der Waals surface area contributed by atoms with Gasteiger partial charge in [-0.15, -0.1) is 0 Å². The molecule has 0 atom stereocenters. The number of halogens is 2. The summed E-state index contributed by atoms with van der Waals surface area (Å²) in [5.41, 5.74) is 1.26. The van der Waals surface area contributed by atoms with E-state index in [1.807, 2.05) is 6.92 Å². The fourth-order valence-electron chi connectivity index (χ4n) is 2.14. The second kappa shape index (κ2) is 7.15. The summed E-state index contributed by atoms with van der Waals surface area (Å²) in [5, 5.41) is 0.829. The Labute approximate surface area is 148 Å². The van der Waals surface area contributed by atoms with E-state index >= 15 is 0 Å². The predicted molar refractivity (Wildman–Crippen MR) is 95.7 cm³/mol. The molecule has 1 fully saturated rings. The number of pyridine rings is 1. The van der Waals surface area contributed by atoms with E-state index in [1.165, 1.54) is 23.9 Å². The summed E-state index contributed by atoms with van der Waals surface area (Å²) >= 11 is 7.29. The number of amidine groups is 1. The molecule has 2 heterocycles. The van der Waals surface area contributed by atoms with Gasteiger partial charge in [0.1, 0.15) is 11.5 Å². The zero-order valence-corrected chi connectivity index (χ0v) is 14.3. The van der Waals surface area contributed by atoms with Gasteiger partial charge in [0.25, 0.3) is 5.91 Å². The Balaban J connectivity index is 1.94. The second-order valence-electron chi connectivity index (χ2n) is 4.92. The van der Waals surface area contributed by atoms with Gasteiger partial charge in [-0.05, 0) is 54.6 Å². The molecule has 7 heteroatoms. The number of amides is 1. The number of aromatic nitrogens is 1. The number of thioether (sulfide) groups is 1. The fourth-order valence-corrected chi connectivity index (χ4v) is 3.36. The van der Waals surface area contributed by atoms with Crippen molar-refractivity contribution in [2.75, 3.05) is 6.54 Å². The van der Waals surface area contributed by atoms with E-state index in [0.717, 1.165) is 5.56 Å². The summed E-state index contributed by atoms with van der Waals surface area (Å²) < 4.78 is 13.0. The van der Waals surface area contributed by atoms with Crippen molar-refractivity contribution in [3.63, 3.8) is 0 Å². The monoisotopic (exact) mass is 361 g/mol. The first kappa shape index (κ1) is 16.7. The summed E-state index contributed by atoms with van der Waals surface area (Å²) in [4.78, 5) is 23.1. The van der Waals surface area contributed by atoms with Gasteiger partial charge in [-0.2, -0.15) is 0 Å². The number of aliphatic imine (C=N–C) groups is 1. The molecule has 1 aliphatic rings. The standard InChI is InChI=1S/C17H13ClFN3OS/c1-2-22-16(23)14(10-11-5-7-12(19)8-6-11)24-17(22)21-13-4-3-9-20-15(13)18/h3-10H,2H2,1H3/b14-10-,21-17?. The molecule has 0 aliphatic carbocycles. The molecule has 1 saturated heterocycles. The first-order chi connectivity index (χ1) is 11.6. The third-order valence-corrected chi connectivity index (χ3v) is 4.63. The summed E-state index contributed by atoms with van der Waals surface area (Å²) in [7, 11) is 0. The molecule has 122 valence electrons. The number of carbonyl (C=O) groups is 1. The van der Waals surface area contributed by atoms with Crippen molar-refractivity contribution in [1.82, 2.24) is 9.88 Å². The summed E-state index contributed by atoms with van der Waals surface area (Å²) in [6, 6.07) is 9.44. The average Bonchev–Trinajstić information content (AvgIpc) is 2.87. The molecular formula is C17H13ClFN3OS. The van der Waals surface area contributed by atoms with Crippen LogP contribution in [0.3, 0.4) is 0 Å². The van der Waals surface area contributed by atoms with Gasteiger partial charge in [0.15, 0.2) is 10.3 Å². The molecule has 3 rings (SSSR count). The van der Waals surface area contributed by atoms with Crippen LogP contribution in [0.15, 0.2) is 52.5 Å². The summed E-state index contributed by atoms with van der Waals surface area (Å²) in [6.07, 6.45) is 3.30. The van der Waals surface area contributed by atoms with Gasteiger partial charge < -0.3 is 0 Å². The number of rotatable bonds is 3. The van der Waals surface area contributed by atoms with Gasteiger partial charge in [-0.3, -0.25) is 9.69 Å². The van der Waals surface area contributed by atoms with Crippen LogP contribution in [0.2, 0.25) is 5.15 Å². The highest BCUT2D eigenvalue weighted by Crippen LogP contribution is 2.35. The number of benzene rings is 1. The third-order valence-electron chi connectivity index (χ3n) is 3.33. The van der Waals surface area contributed by atoms with Crippen molar-refractivity contribution in [3.8, 4) is 0 Å². The van der Waals surface area contributed by atoms with E-state index in [2.05, 4.69) is 9.98 Å².